The number of aromatic amines is 1. The molecule has 0 aliphatic carbocycles. The maximum absolute atomic E-state index is 12.7. The van der Waals surface area contributed by atoms with E-state index in [1.54, 1.807) is 16.8 Å². The van der Waals surface area contributed by atoms with Crippen LogP contribution in [0.4, 0.5) is 17.3 Å². The van der Waals surface area contributed by atoms with Crippen molar-refractivity contribution in [3.05, 3.63) is 85.7 Å². The number of nitrogens with one attached hydrogen (secondary N) is 2. The summed E-state index contributed by atoms with van der Waals surface area (Å²) >= 11 is 0. The van der Waals surface area contributed by atoms with Crippen LogP contribution >= 0.6 is 0 Å². The van der Waals surface area contributed by atoms with Crippen molar-refractivity contribution in [1.29, 1.82) is 0 Å². The lowest BCUT2D eigenvalue weighted by atomic mass is 9.91. The number of benzene rings is 2. The van der Waals surface area contributed by atoms with E-state index in [1.165, 1.54) is 17.7 Å². The maximum atomic E-state index is 12.7. The van der Waals surface area contributed by atoms with Crippen LogP contribution in [-0.2, 0) is 0 Å². The Hall–Kier alpha value is -4.41. The standard InChI is InChI=1S/C21H18N8O3/c1-11(2)12-3-5-14(6-4-12)19-16-17(13-7-9-15(10-8-13)29(31)32)23-24-20(30)18(16)22-21-25-26-27-28(19)21/h3-11,19H,1-2H3,(H,24,30)(H,22,25,27). The number of nitro groups is 1. The number of nitro benzene ring substituents is 1. The Morgan fingerprint density at radius 3 is 2.47 bits per heavy atom. The lowest BCUT2D eigenvalue weighted by Crippen LogP contribution is -2.29. The van der Waals surface area contributed by atoms with Crippen molar-refractivity contribution in [2.75, 3.05) is 5.32 Å². The van der Waals surface area contributed by atoms with Crippen LogP contribution < -0.4 is 10.9 Å². The third-order valence-electron chi connectivity index (χ3n) is 5.54. The van der Waals surface area contributed by atoms with Crippen LogP contribution in [0.1, 0.15) is 42.5 Å². The fourth-order valence-corrected chi connectivity index (χ4v) is 3.87. The third-order valence-corrected chi connectivity index (χ3v) is 5.54. The number of hydrogen-bond acceptors (Lipinski definition) is 8. The van der Waals surface area contributed by atoms with Gasteiger partial charge in [0.15, 0.2) is 0 Å². The molecule has 0 saturated heterocycles. The molecule has 0 radical (unpaired) electrons. The van der Waals surface area contributed by atoms with Crippen molar-refractivity contribution in [1.82, 2.24) is 30.4 Å². The molecule has 0 fully saturated rings. The zero-order valence-corrected chi connectivity index (χ0v) is 17.2. The fraction of sp³-hybridized carbons (Fsp3) is 0.190. The Morgan fingerprint density at radius 2 is 1.81 bits per heavy atom. The van der Waals surface area contributed by atoms with Crippen molar-refractivity contribution in [2.45, 2.75) is 25.8 Å². The molecule has 2 aromatic carbocycles. The van der Waals surface area contributed by atoms with Crippen molar-refractivity contribution in [3.8, 4) is 11.3 Å². The molecule has 5 rings (SSSR count). The van der Waals surface area contributed by atoms with Gasteiger partial charge in [0.05, 0.1) is 10.6 Å². The number of aromatic nitrogens is 6. The lowest BCUT2D eigenvalue weighted by Gasteiger charge is -2.28. The number of non-ortho nitro benzene ring substituents is 1. The van der Waals surface area contributed by atoms with Gasteiger partial charge in [-0.25, -0.2) is 5.10 Å². The van der Waals surface area contributed by atoms with Crippen LogP contribution in [0.15, 0.2) is 53.3 Å². The second-order valence-electron chi connectivity index (χ2n) is 7.79. The first-order valence-electron chi connectivity index (χ1n) is 9.96. The molecule has 0 bridgehead atoms. The molecule has 1 atom stereocenters. The minimum Gasteiger partial charge on any atom is -0.318 e. The highest BCUT2D eigenvalue weighted by Crippen LogP contribution is 2.41. The lowest BCUT2D eigenvalue weighted by molar-refractivity contribution is -0.384. The van der Waals surface area contributed by atoms with Gasteiger partial charge >= 0.3 is 0 Å². The fourth-order valence-electron chi connectivity index (χ4n) is 3.87. The molecule has 0 saturated carbocycles. The molecule has 2 N–H and O–H groups in total. The van der Waals surface area contributed by atoms with E-state index >= 15 is 0 Å². The normalized spacial score (nSPS) is 14.5. The van der Waals surface area contributed by atoms with Gasteiger partial charge in [-0.05, 0) is 39.6 Å². The van der Waals surface area contributed by atoms with E-state index in [1.807, 2.05) is 24.3 Å². The zero-order valence-electron chi connectivity index (χ0n) is 17.2. The number of nitrogens with zero attached hydrogens (tertiary/aromatic N) is 6. The highest BCUT2D eigenvalue weighted by atomic mass is 16.6. The Labute approximate surface area is 181 Å². The van der Waals surface area contributed by atoms with Crippen LogP contribution in [0, 0.1) is 10.1 Å². The molecule has 1 unspecified atom stereocenters. The molecule has 160 valence electrons. The first kappa shape index (κ1) is 19.5. The summed E-state index contributed by atoms with van der Waals surface area (Å²) in [4.78, 5) is 23.3. The van der Waals surface area contributed by atoms with Gasteiger partial charge in [-0.15, -0.1) is 0 Å². The highest BCUT2D eigenvalue weighted by molar-refractivity contribution is 5.75. The maximum Gasteiger partial charge on any atom is 0.288 e. The number of fused-ring (bicyclic) bond motifs is 2. The van der Waals surface area contributed by atoms with Gasteiger partial charge in [-0.1, -0.05) is 43.2 Å². The van der Waals surface area contributed by atoms with E-state index in [0.29, 0.717) is 28.7 Å². The Morgan fingerprint density at radius 1 is 1.09 bits per heavy atom. The third kappa shape index (κ3) is 3.11. The number of rotatable bonds is 4. The summed E-state index contributed by atoms with van der Waals surface area (Å²) in [6.45, 7) is 4.23. The summed E-state index contributed by atoms with van der Waals surface area (Å²) in [5, 5.41) is 32.7. The van der Waals surface area contributed by atoms with Crippen LogP contribution in [0.2, 0.25) is 0 Å². The smallest absolute Gasteiger partial charge is 0.288 e. The molecule has 3 heterocycles. The van der Waals surface area contributed by atoms with Crippen LogP contribution in [0.25, 0.3) is 11.3 Å². The predicted octanol–water partition coefficient (Wildman–Crippen LogP) is 3.15. The monoisotopic (exact) mass is 430 g/mol. The van der Waals surface area contributed by atoms with Gasteiger partial charge in [-0.3, -0.25) is 14.9 Å². The molecular formula is C21H18N8O3. The van der Waals surface area contributed by atoms with Gasteiger partial charge in [0, 0.05) is 23.3 Å². The first-order valence-corrected chi connectivity index (χ1v) is 9.96. The van der Waals surface area contributed by atoms with Crippen molar-refractivity contribution in [3.63, 3.8) is 0 Å². The molecular weight excluding hydrogens is 412 g/mol. The molecule has 11 heteroatoms. The topological polar surface area (TPSA) is 145 Å². The molecule has 1 aliphatic rings. The number of tetrazole rings is 1. The molecule has 0 amide bonds. The van der Waals surface area contributed by atoms with Gasteiger partial charge in [0.25, 0.3) is 11.2 Å². The van der Waals surface area contributed by atoms with Gasteiger partial charge in [0.2, 0.25) is 5.95 Å². The summed E-state index contributed by atoms with van der Waals surface area (Å²) in [6, 6.07) is 13.6. The van der Waals surface area contributed by atoms with Gasteiger partial charge in [0.1, 0.15) is 11.7 Å². The predicted molar refractivity (Wildman–Crippen MR) is 116 cm³/mol. The summed E-state index contributed by atoms with van der Waals surface area (Å²) in [7, 11) is 0. The summed E-state index contributed by atoms with van der Waals surface area (Å²) in [5.74, 6) is 0.704. The van der Waals surface area contributed by atoms with Crippen molar-refractivity contribution < 1.29 is 4.92 Å². The summed E-state index contributed by atoms with van der Waals surface area (Å²) in [5.41, 5.74) is 3.57. The second-order valence-corrected chi connectivity index (χ2v) is 7.79. The number of anilines is 2. The second kappa shape index (κ2) is 7.38. The quantitative estimate of drug-likeness (QED) is 0.327. The molecule has 1 aliphatic heterocycles. The van der Waals surface area contributed by atoms with E-state index < -0.39 is 16.5 Å². The van der Waals surface area contributed by atoms with E-state index in [0.717, 1.165) is 5.56 Å². The average Bonchev–Trinajstić information content (AvgIpc) is 3.27. The largest absolute Gasteiger partial charge is 0.318 e. The Bertz CT molecular complexity index is 1370. The Balaban J connectivity index is 1.73. The minimum absolute atomic E-state index is 0.0336. The van der Waals surface area contributed by atoms with Crippen molar-refractivity contribution in [2.24, 2.45) is 0 Å². The molecule has 11 nitrogen and oxygen atoms in total. The van der Waals surface area contributed by atoms with Crippen LogP contribution in [0.5, 0.6) is 0 Å². The summed E-state index contributed by atoms with van der Waals surface area (Å²) < 4.78 is 1.60. The Kier molecular flexibility index (Phi) is 4.51. The molecule has 2 aromatic heterocycles. The SMILES string of the molecule is CC(C)c1ccc(C2c3c(-c4ccc([N+](=O)[O-])cc4)n[nH]c(=O)c3Nc3nnnn32)cc1. The van der Waals surface area contributed by atoms with E-state index in [-0.39, 0.29) is 11.4 Å². The molecule has 0 spiro atoms. The van der Waals surface area contributed by atoms with Crippen molar-refractivity contribution >= 4 is 17.3 Å². The first-order chi connectivity index (χ1) is 15.4. The van der Waals surface area contributed by atoms with E-state index in [2.05, 4.69) is 44.9 Å². The van der Waals surface area contributed by atoms with Crippen LogP contribution in [-0.4, -0.2) is 35.3 Å². The number of hydrogen-bond donors (Lipinski definition) is 2. The van der Waals surface area contributed by atoms with Gasteiger partial charge in [-0.2, -0.15) is 9.78 Å². The zero-order chi connectivity index (χ0) is 22.4. The van der Waals surface area contributed by atoms with Gasteiger partial charge < -0.3 is 5.32 Å². The minimum atomic E-state index is -0.516. The van der Waals surface area contributed by atoms with E-state index in [4.69, 9.17) is 0 Å². The highest BCUT2D eigenvalue weighted by Gasteiger charge is 2.34. The summed E-state index contributed by atoms with van der Waals surface area (Å²) in [6.07, 6.45) is 0. The number of H-pyrrole nitrogens is 1. The van der Waals surface area contributed by atoms with E-state index in [9.17, 15) is 14.9 Å². The average molecular weight is 430 g/mol. The molecule has 32 heavy (non-hydrogen) atoms. The van der Waals surface area contributed by atoms with Crippen LogP contribution in [0.3, 0.4) is 0 Å². The molecule has 4 aromatic rings.